The van der Waals surface area contributed by atoms with Crippen LogP contribution in [0.15, 0.2) is 83.9 Å². The van der Waals surface area contributed by atoms with Gasteiger partial charge in [-0.15, -0.1) is 0 Å². The molecule has 4 aromatic rings. The Morgan fingerprint density at radius 3 is 2.34 bits per heavy atom. The number of carbonyl (C=O) groups excluding carboxylic acids is 2. The van der Waals surface area contributed by atoms with E-state index in [0.717, 1.165) is 11.1 Å². The van der Waals surface area contributed by atoms with Gasteiger partial charge in [-0.25, -0.2) is 0 Å². The first-order valence-electron chi connectivity index (χ1n) is 10.8. The maximum absolute atomic E-state index is 12.5. The third-order valence-electron chi connectivity index (χ3n) is 5.21. The minimum absolute atomic E-state index is 0.0595. The van der Waals surface area contributed by atoms with Gasteiger partial charge >= 0.3 is 0 Å². The number of para-hydroxylation sites is 1. The van der Waals surface area contributed by atoms with Crippen LogP contribution in [0.3, 0.4) is 0 Å². The third kappa shape index (κ3) is 6.15. The maximum Gasteiger partial charge on any atom is 0.257 e. The molecule has 0 aliphatic heterocycles. The number of rotatable bonds is 8. The highest BCUT2D eigenvalue weighted by molar-refractivity contribution is 6.33. The van der Waals surface area contributed by atoms with Crippen LogP contribution in [-0.2, 0) is 17.9 Å². The number of nitrogens with zero attached hydrogens (tertiary/aromatic N) is 3. The van der Waals surface area contributed by atoms with Crippen LogP contribution in [0.25, 0.3) is 0 Å². The number of benzene rings is 2. The van der Waals surface area contributed by atoms with E-state index in [1.165, 1.54) is 12.3 Å². The SMILES string of the molecule is Nc1nn(Cc2ccc(Cn3ccccc3=O)cc2)cc1C(=O)NCC(=O)Nc1ccccc1Cl. The number of hydrogen-bond donors (Lipinski definition) is 3. The maximum atomic E-state index is 12.5. The van der Waals surface area contributed by atoms with Gasteiger partial charge in [0.05, 0.1) is 30.3 Å². The number of nitrogens with two attached hydrogens (primary N) is 1. The van der Waals surface area contributed by atoms with E-state index >= 15 is 0 Å². The molecule has 0 bridgehead atoms. The van der Waals surface area contributed by atoms with E-state index in [0.29, 0.717) is 23.8 Å². The zero-order chi connectivity index (χ0) is 24.8. The number of amides is 2. The molecule has 4 N–H and O–H groups in total. The predicted molar refractivity (Wildman–Crippen MR) is 134 cm³/mol. The molecule has 35 heavy (non-hydrogen) atoms. The molecule has 0 saturated carbocycles. The van der Waals surface area contributed by atoms with Crippen molar-refractivity contribution in [1.82, 2.24) is 19.7 Å². The minimum Gasteiger partial charge on any atom is -0.382 e. The summed E-state index contributed by atoms with van der Waals surface area (Å²) >= 11 is 6.02. The highest BCUT2D eigenvalue weighted by Crippen LogP contribution is 2.20. The summed E-state index contributed by atoms with van der Waals surface area (Å²) in [7, 11) is 0. The van der Waals surface area contributed by atoms with Crippen LogP contribution in [0.1, 0.15) is 21.5 Å². The van der Waals surface area contributed by atoms with Crippen molar-refractivity contribution in [1.29, 1.82) is 0 Å². The van der Waals surface area contributed by atoms with E-state index in [1.54, 1.807) is 45.8 Å². The van der Waals surface area contributed by atoms with Gasteiger partial charge in [0, 0.05) is 18.5 Å². The average molecular weight is 491 g/mol. The molecule has 0 unspecified atom stereocenters. The smallest absolute Gasteiger partial charge is 0.257 e. The van der Waals surface area contributed by atoms with Gasteiger partial charge in [0.15, 0.2) is 5.82 Å². The number of hydrogen-bond acceptors (Lipinski definition) is 5. The Balaban J connectivity index is 1.33. The molecule has 0 radical (unpaired) electrons. The van der Waals surface area contributed by atoms with Crippen molar-refractivity contribution in [2.75, 3.05) is 17.6 Å². The van der Waals surface area contributed by atoms with E-state index in [2.05, 4.69) is 15.7 Å². The zero-order valence-electron chi connectivity index (χ0n) is 18.6. The van der Waals surface area contributed by atoms with E-state index in [-0.39, 0.29) is 23.5 Å². The molecule has 0 spiro atoms. The third-order valence-corrected chi connectivity index (χ3v) is 5.54. The van der Waals surface area contributed by atoms with Crippen LogP contribution in [0, 0.1) is 0 Å². The van der Waals surface area contributed by atoms with Crippen molar-refractivity contribution in [3.8, 4) is 0 Å². The topological polar surface area (TPSA) is 124 Å². The van der Waals surface area contributed by atoms with Gasteiger partial charge in [-0.1, -0.05) is 54.1 Å². The number of aromatic nitrogens is 3. The fourth-order valence-electron chi connectivity index (χ4n) is 3.43. The lowest BCUT2D eigenvalue weighted by atomic mass is 10.1. The second-order valence-electron chi connectivity index (χ2n) is 7.82. The molecular weight excluding hydrogens is 468 g/mol. The summed E-state index contributed by atoms with van der Waals surface area (Å²) in [6.45, 7) is 0.625. The molecular formula is C25H23ClN6O3. The van der Waals surface area contributed by atoms with E-state index < -0.39 is 11.8 Å². The fourth-order valence-corrected chi connectivity index (χ4v) is 3.61. The predicted octanol–water partition coefficient (Wildman–Crippen LogP) is 2.75. The first-order valence-corrected chi connectivity index (χ1v) is 11.2. The number of halogens is 1. The Morgan fingerprint density at radius 1 is 0.943 bits per heavy atom. The first-order chi connectivity index (χ1) is 16.9. The molecule has 0 fully saturated rings. The summed E-state index contributed by atoms with van der Waals surface area (Å²) in [6.07, 6.45) is 3.28. The molecule has 2 heterocycles. The van der Waals surface area contributed by atoms with Crippen molar-refractivity contribution in [3.05, 3.63) is 111 Å². The van der Waals surface area contributed by atoms with Crippen LogP contribution in [-0.4, -0.2) is 32.7 Å². The fraction of sp³-hybridized carbons (Fsp3) is 0.120. The summed E-state index contributed by atoms with van der Waals surface area (Å²) in [5.41, 5.74) is 8.44. The van der Waals surface area contributed by atoms with Crippen LogP contribution < -0.4 is 21.9 Å². The normalized spacial score (nSPS) is 10.7. The number of anilines is 2. The standard InChI is InChI=1S/C25H23ClN6O3/c26-20-5-1-2-6-21(20)29-22(33)13-28-25(35)19-16-32(30-24(19)27)15-18-10-8-17(9-11-18)14-31-12-4-3-7-23(31)34/h1-12,16H,13-15H2,(H2,27,30)(H,28,35)(H,29,33). The molecule has 9 nitrogen and oxygen atoms in total. The Morgan fingerprint density at radius 2 is 1.63 bits per heavy atom. The van der Waals surface area contributed by atoms with Crippen molar-refractivity contribution in [2.45, 2.75) is 13.1 Å². The second-order valence-corrected chi connectivity index (χ2v) is 8.23. The van der Waals surface area contributed by atoms with E-state index in [4.69, 9.17) is 17.3 Å². The molecule has 0 aliphatic rings. The van der Waals surface area contributed by atoms with Gasteiger partial charge in [-0.3, -0.25) is 19.1 Å². The van der Waals surface area contributed by atoms with Gasteiger partial charge < -0.3 is 20.9 Å². The van der Waals surface area contributed by atoms with Crippen LogP contribution >= 0.6 is 11.6 Å². The van der Waals surface area contributed by atoms with Crippen molar-refractivity contribution in [3.63, 3.8) is 0 Å². The lowest BCUT2D eigenvalue weighted by Gasteiger charge is -2.08. The van der Waals surface area contributed by atoms with Gasteiger partial charge in [0.1, 0.15) is 5.56 Å². The molecule has 0 saturated heterocycles. The van der Waals surface area contributed by atoms with Gasteiger partial charge in [0.2, 0.25) is 5.91 Å². The first kappa shape index (κ1) is 23.8. The van der Waals surface area contributed by atoms with Gasteiger partial charge in [0.25, 0.3) is 11.5 Å². The summed E-state index contributed by atoms with van der Waals surface area (Å²) < 4.78 is 3.19. The minimum atomic E-state index is -0.508. The Kier molecular flexibility index (Phi) is 7.27. The summed E-state index contributed by atoms with van der Waals surface area (Å²) in [6, 6.07) is 19.6. The molecule has 4 rings (SSSR count). The van der Waals surface area contributed by atoms with Gasteiger partial charge in [-0.05, 0) is 29.3 Å². The van der Waals surface area contributed by atoms with Crippen molar-refractivity contribution in [2.24, 2.45) is 0 Å². The molecule has 2 aromatic heterocycles. The monoisotopic (exact) mass is 490 g/mol. The van der Waals surface area contributed by atoms with Gasteiger partial charge in [-0.2, -0.15) is 5.10 Å². The Labute approximate surface area is 206 Å². The molecule has 178 valence electrons. The lowest BCUT2D eigenvalue weighted by molar-refractivity contribution is -0.115. The summed E-state index contributed by atoms with van der Waals surface area (Å²) in [5, 5.41) is 9.78. The zero-order valence-corrected chi connectivity index (χ0v) is 19.4. The van der Waals surface area contributed by atoms with E-state index in [9.17, 15) is 14.4 Å². The van der Waals surface area contributed by atoms with Crippen LogP contribution in [0.4, 0.5) is 11.5 Å². The highest BCUT2D eigenvalue weighted by Gasteiger charge is 2.16. The van der Waals surface area contributed by atoms with Crippen LogP contribution in [0.2, 0.25) is 5.02 Å². The van der Waals surface area contributed by atoms with E-state index in [1.807, 2.05) is 30.3 Å². The second kappa shape index (κ2) is 10.7. The number of carbonyl (C=O) groups is 2. The molecule has 2 aromatic carbocycles. The van der Waals surface area contributed by atoms with Crippen LogP contribution in [0.5, 0.6) is 0 Å². The quantitative estimate of drug-likeness (QED) is 0.350. The van der Waals surface area contributed by atoms with Crippen molar-refractivity contribution < 1.29 is 9.59 Å². The number of nitrogens with one attached hydrogen (secondary N) is 2. The summed E-state index contributed by atoms with van der Waals surface area (Å²) in [5.74, 6) is -0.865. The highest BCUT2D eigenvalue weighted by atomic mass is 35.5. The Hall–Kier alpha value is -4.37. The molecule has 10 heteroatoms. The molecule has 0 aliphatic carbocycles. The molecule has 0 atom stereocenters. The largest absolute Gasteiger partial charge is 0.382 e. The molecule has 2 amide bonds. The van der Waals surface area contributed by atoms with Crippen molar-refractivity contribution >= 4 is 34.9 Å². The number of nitrogen functional groups attached to an aromatic ring is 1. The number of pyridine rings is 1. The lowest BCUT2D eigenvalue weighted by Crippen LogP contribution is -2.33. The Bertz CT molecular complexity index is 1410. The summed E-state index contributed by atoms with van der Waals surface area (Å²) in [4.78, 5) is 36.5. The average Bonchev–Trinajstić information content (AvgIpc) is 3.21.